The average Bonchev–Trinajstić information content (AvgIpc) is 2.43. The normalized spacial score (nSPS) is 9.11. The van der Waals surface area contributed by atoms with Crippen LogP contribution in [0.25, 0.3) is 0 Å². The van der Waals surface area contributed by atoms with E-state index in [-0.39, 0.29) is 0 Å². The number of hydrogen-bond acceptors (Lipinski definition) is 7. The van der Waals surface area contributed by atoms with Crippen molar-refractivity contribution in [1.82, 2.24) is 19.9 Å². The molecule has 102 valence electrons. The minimum atomic E-state index is -4.82. The monoisotopic (exact) mass is 286 g/mol. The second-order valence-corrected chi connectivity index (χ2v) is 3.83. The van der Waals surface area contributed by atoms with Gasteiger partial charge in [0, 0.05) is 49.6 Å². The van der Waals surface area contributed by atoms with E-state index in [1.165, 1.54) is 0 Å². The molecule has 9 nitrogen and oxygen atoms in total. The first-order valence-corrected chi connectivity index (χ1v) is 5.99. The van der Waals surface area contributed by atoms with E-state index in [0.29, 0.717) is 0 Å². The zero-order valence-electron chi connectivity index (χ0n) is 9.44. The minimum Gasteiger partial charge on any atom is -0.468 e. The predicted octanol–water partition coefficient (Wildman–Crippen LogP) is 0.505. The summed E-state index contributed by atoms with van der Waals surface area (Å²) in [6, 6.07) is 0. The second-order valence-electron chi connectivity index (χ2n) is 2.53. The van der Waals surface area contributed by atoms with Crippen LogP contribution in [0.4, 0.5) is 4.79 Å². The van der Waals surface area contributed by atoms with Crippen LogP contribution in [0.1, 0.15) is 0 Å². The molecule has 19 heavy (non-hydrogen) atoms. The molecule has 0 aliphatic heterocycles. The minimum absolute atomic E-state index is 1.64. The molecule has 0 saturated carbocycles. The third-order valence-electron chi connectivity index (χ3n) is 1.18. The quantitative estimate of drug-likeness (QED) is 0.661. The van der Waals surface area contributed by atoms with Gasteiger partial charge in [0.15, 0.2) is 0 Å². The average molecular weight is 286 g/mol. The Kier molecular flexibility index (Phi) is 8.32. The van der Waals surface area contributed by atoms with Gasteiger partial charge in [-0.15, -0.1) is 0 Å². The van der Waals surface area contributed by atoms with E-state index in [1.54, 1.807) is 49.6 Å². The summed E-state index contributed by atoms with van der Waals surface area (Å²) in [5.41, 5.74) is 0. The molecule has 0 aromatic carbocycles. The van der Waals surface area contributed by atoms with Crippen molar-refractivity contribution in [2.45, 2.75) is 0 Å². The summed E-state index contributed by atoms with van der Waals surface area (Å²) in [7, 11) is -4.82. The zero-order valence-corrected chi connectivity index (χ0v) is 10.3. The van der Waals surface area contributed by atoms with Crippen molar-refractivity contribution in [2.75, 3.05) is 0 Å². The van der Waals surface area contributed by atoms with Gasteiger partial charge in [-0.05, 0) is 0 Å². The number of carboxylic acid groups (broad SMARTS) is 1. The summed E-state index contributed by atoms with van der Waals surface area (Å²) in [6.07, 6.45) is 13.1. The molecular weight excluding hydrogens is 276 g/mol. The Balaban J connectivity index is 0.000000256. The Bertz CT molecular complexity index is 464. The smallest absolute Gasteiger partial charge is 0.449 e. The largest absolute Gasteiger partial charge is 0.468 e. The topological polar surface area (TPSA) is 143 Å². The van der Waals surface area contributed by atoms with E-state index in [4.69, 9.17) is 9.66 Å². The molecular formula is C9H10N4O5S. The lowest BCUT2D eigenvalue weighted by Gasteiger charge is -1.78. The van der Waals surface area contributed by atoms with Gasteiger partial charge in [-0.25, -0.2) is 4.79 Å². The molecule has 2 rings (SSSR count). The first kappa shape index (κ1) is 16.5. The van der Waals surface area contributed by atoms with Crippen LogP contribution in [0.5, 0.6) is 0 Å². The van der Waals surface area contributed by atoms with Crippen molar-refractivity contribution in [1.29, 1.82) is 0 Å². The second kappa shape index (κ2) is 9.56. The van der Waals surface area contributed by atoms with E-state index in [0.717, 1.165) is 0 Å². The van der Waals surface area contributed by atoms with Crippen LogP contribution in [0.2, 0.25) is 0 Å². The first-order valence-electron chi connectivity index (χ1n) is 4.55. The van der Waals surface area contributed by atoms with Crippen LogP contribution in [-0.4, -0.2) is 43.3 Å². The van der Waals surface area contributed by atoms with Crippen molar-refractivity contribution in [3.63, 3.8) is 0 Å². The molecule has 0 unspecified atom stereocenters. The van der Waals surface area contributed by atoms with Gasteiger partial charge in [0.1, 0.15) is 0 Å². The fraction of sp³-hybridized carbons (Fsp3) is 0. The van der Waals surface area contributed by atoms with E-state index >= 15 is 0 Å². The highest BCUT2D eigenvalue weighted by atomic mass is 32.2. The van der Waals surface area contributed by atoms with E-state index in [1.807, 2.05) is 0 Å². The van der Waals surface area contributed by atoms with Gasteiger partial charge in [0.25, 0.3) is 0 Å². The summed E-state index contributed by atoms with van der Waals surface area (Å²) in [6.45, 7) is 0. The highest BCUT2D eigenvalue weighted by Gasteiger charge is 2.14. The van der Waals surface area contributed by atoms with Crippen molar-refractivity contribution >= 4 is 15.4 Å². The molecule has 0 aliphatic carbocycles. The molecule has 0 fully saturated rings. The number of carbonyl (C=O) groups is 1. The molecule has 2 N–H and O–H groups in total. The van der Waals surface area contributed by atoms with Crippen LogP contribution < -0.4 is 0 Å². The predicted molar refractivity (Wildman–Crippen MR) is 63.6 cm³/mol. The summed E-state index contributed by atoms with van der Waals surface area (Å²) in [5.74, 6) is 0. The van der Waals surface area contributed by atoms with Crippen molar-refractivity contribution in [2.24, 2.45) is 0 Å². The molecule has 2 aromatic rings. The maximum absolute atomic E-state index is 9.29. The van der Waals surface area contributed by atoms with E-state index in [9.17, 15) is 13.2 Å². The standard InChI is InChI=1S/2C4H4N2.CH2O5S/c2*1-2-6-4-3-5-1;2-1(3)7(4,5)6/h2*1-4H;(H,2,3)(H,4,5,6). The number of aromatic nitrogens is 4. The van der Waals surface area contributed by atoms with Gasteiger partial charge in [0.2, 0.25) is 0 Å². The molecule has 0 saturated heterocycles. The fourth-order valence-electron chi connectivity index (χ4n) is 0.507. The van der Waals surface area contributed by atoms with Crippen molar-refractivity contribution < 1.29 is 22.9 Å². The summed E-state index contributed by atoms with van der Waals surface area (Å²) in [5, 5.41) is 5.18. The SMILES string of the molecule is O=C(O)S(=O)(=O)O.c1cnccn1.c1cnccn1. The lowest BCUT2D eigenvalue weighted by atomic mass is 10.8. The van der Waals surface area contributed by atoms with Gasteiger partial charge >= 0.3 is 15.4 Å². The maximum Gasteiger partial charge on any atom is 0.449 e. The summed E-state index contributed by atoms with van der Waals surface area (Å²) >= 11 is 0. The van der Waals surface area contributed by atoms with E-state index < -0.39 is 15.4 Å². The zero-order chi connectivity index (χ0) is 14.6. The van der Waals surface area contributed by atoms with Gasteiger partial charge in [-0.2, -0.15) is 8.42 Å². The Morgan fingerprint density at radius 1 is 0.737 bits per heavy atom. The Hall–Kier alpha value is -2.46. The summed E-state index contributed by atoms with van der Waals surface area (Å²) < 4.78 is 26.0. The lowest BCUT2D eigenvalue weighted by Crippen LogP contribution is -2.08. The highest BCUT2D eigenvalue weighted by molar-refractivity contribution is 8.00. The van der Waals surface area contributed by atoms with Gasteiger partial charge in [-0.1, -0.05) is 0 Å². The molecule has 0 radical (unpaired) electrons. The molecule has 0 spiro atoms. The van der Waals surface area contributed by atoms with Crippen LogP contribution in [0.3, 0.4) is 0 Å². The molecule has 2 heterocycles. The number of nitrogens with zero attached hydrogens (tertiary/aromatic N) is 4. The molecule has 0 amide bonds. The highest BCUT2D eigenvalue weighted by Crippen LogP contribution is 1.79. The van der Waals surface area contributed by atoms with Gasteiger partial charge in [0.05, 0.1) is 0 Å². The van der Waals surface area contributed by atoms with Crippen molar-refractivity contribution in [3.8, 4) is 0 Å². The molecule has 0 bridgehead atoms. The molecule has 0 atom stereocenters. The molecule has 10 heteroatoms. The fourth-order valence-corrected chi connectivity index (χ4v) is 0.507. The van der Waals surface area contributed by atoms with Crippen LogP contribution in [0.15, 0.2) is 49.6 Å². The summed E-state index contributed by atoms with van der Waals surface area (Å²) in [4.78, 5) is 24.1. The van der Waals surface area contributed by atoms with Gasteiger partial charge in [-0.3, -0.25) is 24.5 Å². The van der Waals surface area contributed by atoms with Crippen molar-refractivity contribution in [3.05, 3.63) is 49.6 Å². The number of rotatable bonds is 0. The Morgan fingerprint density at radius 2 is 0.895 bits per heavy atom. The Labute approximate surface area is 108 Å². The molecule has 0 aliphatic rings. The first-order chi connectivity index (χ1) is 8.94. The third kappa shape index (κ3) is 11.8. The van der Waals surface area contributed by atoms with Crippen LogP contribution in [-0.2, 0) is 10.1 Å². The lowest BCUT2D eigenvalue weighted by molar-refractivity contribution is 0.216. The van der Waals surface area contributed by atoms with E-state index in [2.05, 4.69) is 19.9 Å². The third-order valence-corrected chi connectivity index (χ3v) is 1.62. The maximum atomic E-state index is 9.29. The van der Waals surface area contributed by atoms with Crippen LogP contribution >= 0.6 is 0 Å². The molecule has 2 aromatic heterocycles. The number of hydrogen-bond donors (Lipinski definition) is 2. The van der Waals surface area contributed by atoms with Gasteiger partial charge < -0.3 is 5.11 Å². The Morgan fingerprint density at radius 3 is 0.947 bits per heavy atom. The van der Waals surface area contributed by atoms with Crippen LogP contribution in [0, 0.1) is 0 Å².